The average molecular weight is 183 g/mol. The molecule has 1 aliphatic rings. The first-order valence-electron chi connectivity index (χ1n) is 4.81. The van der Waals surface area contributed by atoms with E-state index in [9.17, 15) is 4.79 Å². The zero-order chi connectivity index (χ0) is 9.68. The summed E-state index contributed by atoms with van der Waals surface area (Å²) in [5.74, 6) is -0.703. The van der Waals surface area contributed by atoms with Gasteiger partial charge in [-0.3, -0.25) is 9.69 Å². The lowest BCUT2D eigenvalue weighted by atomic mass is 10.3. The van der Waals surface area contributed by atoms with Gasteiger partial charge in [0.1, 0.15) is 0 Å². The molecule has 0 saturated heterocycles. The van der Waals surface area contributed by atoms with E-state index < -0.39 is 5.97 Å². The number of hydrogen-bond donors (Lipinski definition) is 1. The summed E-state index contributed by atoms with van der Waals surface area (Å²) in [6.07, 6.45) is 6.82. The van der Waals surface area contributed by atoms with Crippen molar-refractivity contribution >= 4 is 5.97 Å². The van der Waals surface area contributed by atoms with Gasteiger partial charge in [0, 0.05) is 19.1 Å². The Morgan fingerprint density at radius 1 is 1.62 bits per heavy atom. The van der Waals surface area contributed by atoms with Gasteiger partial charge in [0.25, 0.3) is 0 Å². The Morgan fingerprint density at radius 2 is 2.31 bits per heavy atom. The predicted molar refractivity (Wildman–Crippen MR) is 51.7 cm³/mol. The third kappa shape index (κ3) is 4.08. The molecule has 3 heteroatoms. The first-order chi connectivity index (χ1) is 6.24. The van der Waals surface area contributed by atoms with Gasteiger partial charge < -0.3 is 5.11 Å². The highest BCUT2D eigenvalue weighted by atomic mass is 16.4. The van der Waals surface area contributed by atoms with Crippen molar-refractivity contribution in [2.24, 2.45) is 0 Å². The van der Waals surface area contributed by atoms with E-state index in [1.807, 2.05) is 13.0 Å². The second-order valence-corrected chi connectivity index (χ2v) is 3.44. The number of carbonyl (C=O) groups is 1. The van der Waals surface area contributed by atoms with E-state index in [0.29, 0.717) is 12.6 Å². The number of aliphatic carboxylic acids is 1. The van der Waals surface area contributed by atoms with E-state index in [2.05, 4.69) is 11.0 Å². The Labute approximate surface area is 79.0 Å². The van der Waals surface area contributed by atoms with Crippen LogP contribution in [0.1, 0.15) is 26.2 Å². The fourth-order valence-electron chi connectivity index (χ4n) is 1.34. The van der Waals surface area contributed by atoms with Crippen LogP contribution < -0.4 is 0 Å². The second kappa shape index (κ2) is 5.02. The van der Waals surface area contributed by atoms with Crippen molar-refractivity contribution in [1.29, 1.82) is 0 Å². The topological polar surface area (TPSA) is 40.5 Å². The summed E-state index contributed by atoms with van der Waals surface area (Å²) in [5.41, 5.74) is 0. The van der Waals surface area contributed by atoms with Crippen molar-refractivity contribution in [2.75, 3.05) is 13.1 Å². The molecule has 0 atom stereocenters. The molecule has 0 aromatic rings. The number of carboxylic acids is 1. The highest BCUT2D eigenvalue weighted by Crippen LogP contribution is 2.26. The molecule has 13 heavy (non-hydrogen) atoms. The third-order valence-corrected chi connectivity index (χ3v) is 2.25. The van der Waals surface area contributed by atoms with Gasteiger partial charge in [-0.05, 0) is 19.8 Å². The van der Waals surface area contributed by atoms with E-state index in [1.165, 1.54) is 12.8 Å². The largest absolute Gasteiger partial charge is 0.481 e. The smallest absolute Gasteiger partial charge is 0.304 e. The Bertz CT molecular complexity index is 197. The van der Waals surface area contributed by atoms with E-state index in [-0.39, 0.29) is 6.42 Å². The van der Waals surface area contributed by atoms with Crippen LogP contribution in [0.25, 0.3) is 0 Å². The molecule has 1 aliphatic carbocycles. The molecular formula is C10H17NO2. The van der Waals surface area contributed by atoms with E-state index in [0.717, 1.165) is 6.54 Å². The fraction of sp³-hybridized carbons (Fsp3) is 0.700. The number of nitrogens with zero attached hydrogens (tertiary/aromatic N) is 1. The molecule has 0 spiro atoms. The van der Waals surface area contributed by atoms with Gasteiger partial charge >= 0.3 is 5.97 Å². The van der Waals surface area contributed by atoms with Crippen molar-refractivity contribution in [3.05, 3.63) is 12.2 Å². The molecule has 0 amide bonds. The number of hydrogen-bond acceptors (Lipinski definition) is 2. The maximum absolute atomic E-state index is 10.4. The maximum atomic E-state index is 10.4. The minimum Gasteiger partial charge on any atom is -0.481 e. The molecule has 1 fully saturated rings. The zero-order valence-corrected chi connectivity index (χ0v) is 8.07. The SMILES string of the molecule is C/C=C/CN(CCC(=O)O)C1CC1. The molecule has 1 N–H and O–H groups in total. The van der Waals surface area contributed by atoms with Crippen LogP contribution in [0.15, 0.2) is 12.2 Å². The van der Waals surface area contributed by atoms with Crippen LogP contribution in [0.2, 0.25) is 0 Å². The zero-order valence-electron chi connectivity index (χ0n) is 8.07. The van der Waals surface area contributed by atoms with Crippen molar-refractivity contribution in [1.82, 2.24) is 4.90 Å². The van der Waals surface area contributed by atoms with E-state index in [1.54, 1.807) is 0 Å². The van der Waals surface area contributed by atoms with Gasteiger partial charge in [0.2, 0.25) is 0 Å². The molecule has 0 aliphatic heterocycles. The minimum absolute atomic E-state index is 0.258. The molecule has 0 aromatic carbocycles. The maximum Gasteiger partial charge on any atom is 0.304 e. The monoisotopic (exact) mass is 183 g/mol. The highest BCUT2D eigenvalue weighted by Gasteiger charge is 2.27. The lowest BCUT2D eigenvalue weighted by molar-refractivity contribution is -0.137. The van der Waals surface area contributed by atoms with Crippen LogP contribution in [-0.2, 0) is 4.79 Å². The van der Waals surface area contributed by atoms with Gasteiger partial charge in [0.05, 0.1) is 6.42 Å². The normalized spacial score (nSPS) is 17.1. The number of carboxylic acid groups (broad SMARTS) is 1. The van der Waals surface area contributed by atoms with Crippen LogP contribution >= 0.6 is 0 Å². The Hall–Kier alpha value is -0.830. The molecule has 0 heterocycles. The average Bonchev–Trinajstić information content (AvgIpc) is 2.87. The molecule has 3 nitrogen and oxygen atoms in total. The van der Waals surface area contributed by atoms with Crippen LogP contribution in [0.5, 0.6) is 0 Å². The quantitative estimate of drug-likeness (QED) is 0.634. The summed E-state index contributed by atoms with van der Waals surface area (Å²) in [5, 5.41) is 8.55. The summed E-state index contributed by atoms with van der Waals surface area (Å²) in [6.45, 7) is 3.57. The molecule has 1 saturated carbocycles. The first-order valence-corrected chi connectivity index (χ1v) is 4.81. The molecular weight excluding hydrogens is 166 g/mol. The van der Waals surface area contributed by atoms with E-state index in [4.69, 9.17) is 5.11 Å². The van der Waals surface area contributed by atoms with Crippen molar-refractivity contribution in [3.63, 3.8) is 0 Å². The predicted octanol–water partition coefficient (Wildman–Crippen LogP) is 1.50. The number of allylic oxidation sites excluding steroid dienone is 1. The molecule has 74 valence electrons. The minimum atomic E-state index is -0.703. The van der Waals surface area contributed by atoms with Crippen molar-refractivity contribution in [2.45, 2.75) is 32.2 Å². The molecule has 0 radical (unpaired) electrons. The standard InChI is InChI=1S/C10H17NO2/c1-2-3-7-11(9-4-5-9)8-6-10(12)13/h2-3,9H,4-8H2,1H3,(H,12,13)/b3-2+. The van der Waals surface area contributed by atoms with Crippen LogP contribution in [0, 0.1) is 0 Å². The molecule has 0 aromatic heterocycles. The molecule has 0 unspecified atom stereocenters. The lowest BCUT2D eigenvalue weighted by Gasteiger charge is -2.18. The third-order valence-electron chi connectivity index (χ3n) is 2.25. The summed E-state index contributed by atoms with van der Waals surface area (Å²) >= 11 is 0. The van der Waals surface area contributed by atoms with Crippen molar-refractivity contribution < 1.29 is 9.90 Å². The van der Waals surface area contributed by atoms with Crippen LogP contribution in [-0.4, -0.2) is 35.1 Å². The summed E-state index contributed by atoms with van der Waals surface area (Å²) < 4.78 is 0. The summed E-state index contributed by atoms with van der Waals surface area (Å²) in [7, 11) is 0. The van der Waals surface area contributed by atoms with Gasteiger partial charge in [0.15, 0.2) is 0 Å². The molecule has 0 bridgehead atoms. The van der Waals surface area contributed by atoms with Crippen LogP contribution in [0.4, 0.5) is 0 Å². The second-order valence-electron chi connectivity index (χ2n) is 3.44. The Kier molecular flexibility index (Phi) is 3.96. The first kappa shape index (κ1) is 10.3. The Morgan fingerprint density at radius 3 is 2.77 bits per heavy atom. The Balaban J connectivity index is 2.25. The van der Waals surface area contributed by atoms with E-state index >= 15 is 0 Å². The fourth-order valence-corrected chi connectivity index (χ4v) is 1.34. The highest BCUT2D eigenvalue weighted by molar-refractivity contribution is 5.66. The van der Waals surface area contributed by atoms with Gasteiger partial charge in [-0.1, -0.05) is 12.2 Å². The van der Waals surface area contributed by atoms with Crippen LogP contribution in [0.3, 0.4) is 0 Å². The van der Waals surface area contributed by atoms with Gasteiger partial charge in [-0.25, -0.2) is 0 Å². The van der Waals surface area contributed by atoms with Gasteiger partial charge in [-0.15, -0.1) is 0 Å². The summed E-state index contributed by atoms with van der Waals surface area (Å²) in [4.78, 5) is 12.6. The van der Waals surface area contributed by atoms with Gasteiger partial charge in [-0.2, -0.15) is 0 Å². The lowest BCUT2D eigenvalue weighted by Crippen LogP contribution is -2.28. The summed E-state index contributed by atoms with van der Waals surface area (Å²) in [6, 6.07) is 0.649. The molecule has 1 rings (SSSR count). The number of rotatable bonds is 6. The van der Waals surface area contributed by atoms with Crippen molar-refractivity contribution in [3.8, 4) is 0 Å².